The maximum atomic E-state index is 11.1. The fourth-order valence-corrected chi connectivity index (χ4v) is 1.26. The van der Waals surface area contributed by atoms with Crippen LogP contribution in [-0.4, -0.2) is 16.8 Å². The molecule has 1 rings (SSSR count). The van der Waals surface area contributed by atoms with Gasteiger partial charge in [-0.1, -0.05) is 0 Å². The normalized spacial score (nSPS) is 9.80. The van der Waals surface area contributed by atoms with Crippen molar-refractivity contribution in [2.24, 2.45) is 0 Å². The predicted molar refractivity (Wildman–Crippen MR) is 56.6 cm³/mol. The van der Waals surface area contributed by atoms with Crippen molar-refractivity contribution < 1.29 is 14.4 Å². The maximum absolute atomic E-state index is 11.1. The Morgan fingerprint density at radius 3 is 1.47 bits per heavy atom. The second-order valence-electron chi connectivity index (χ2n) is 3.19. The van der Waals surface area contributed by atoms with Gasteiger partial charge in [0.05, 0.1) is 0 Å². The summed E-state index contributed by atoms with van der Waals surface area (Å²) in [7, 11) is 0. The molecule has 0 aliphatic heterocycles. The van der Waals surface area contributed by atoms with Gasteiger partial charge in [0.2, 0.25) is 0 Å². The summed E-state index contributed by atoms with van der Waals surface area (Å²) in [6, 6.07) is 4.21. The van der Waals surface area contributed by atoms with Crippen LogP contribution in [0, 0.1) is 0 Å². The van der Waals surface area contributed by atoms with Crippen LogP contribution >= 0.6 is 11.6 Å². The maximum Gasteiger partial charge on any atom is 0.252 e. The van der Waals surface area contributed by atoms with E-state index in [9.17, 15) is 14.4 Å². The summed E-state index contributed by atoms with van der Waals surface area (Å²) in [6.45, 7) is 2.73. The van der Waals surface area contributed by atoms with Crippen LogP contribution in [-0.2, 0) is 0 Å². The molecule has 0 bridgehead atoms. The summed E-state index contributed by atoms with van der Waals surface area (Å²) in [4.78, 5) is 33.2. The van der Waals surface area contributed by atoms with Crippen molar-refractivity contribution >= 4 is 28.4 Å². The highest BCUT2D eigenvalue weighted by molar-refractivity contribution is 6.67. The van der Waals surface area contributed by atoms with E-state index in [1.54, 1.807) is 0 Å². The second kappa shape index (κ2) is 4.36. The Morgan fingerprint density at radius 1 is 0.867 bits per heavy atom. The molecule has 0 atom stereocenters. The first-order valence-corrected chi connectivity index (χ1v) is 4.66. The van der Waals surface area contributed by atoms with Crippen LogP contribution in [0.5, 0.6) is 0 Å². The van der Waals surface area contributed by atoms with Crippen molar-refractivity contribution in [2.75, 3.05) is 0 Å². The first-order chi connectivity index (χ1) is 6.91. The van der Waals surface area contributed by atoms with Gasteiger partial charge < -0.3 is 0 Å². The average Bonchev–Trinajstić information content (AvgIpc) is 2.16. The summed E-state index contributed by atoms with van der Waals surface area (Å²) in [5.41, 5.74) is 0.785. The fraction of sp³-hybridized carbons (Fsp3) is 0.182. The van der Waals surface area contributed by atoms with Crippen molar-refractivity contribution in [2.45, 2.75) is 13.8 Å². The van der Waals surface area contributed by atoms with Gasteiger partial charge in [-0.25, -0.2) is 0 Å². The number of benzene rings is 1. The number of rotatable bonds is 3. The Bertz CT molecular complexity index is 370. The van der Waals surface area contributed by atoms with Crippen LogP contribution in [0.15, 0.2) is 18.2 Å². The molecule has 4 heteroatoms. The molecule has 0 heterocycles. The molecule has 0 radical (unpaired) electrons. The number of ketones is 2. The zero-order chi connectivity index (χ0) is 11.6. The van der Waals surface area contributed by atoms with Gasteiger partial charge in [0.1, 0.15) is 0 Å². The molecule has 78 valence electrons. The third kappa shape index (κ3) is 2.73. The lowest BCUT2D eigenvalue weighted by Crippen LogP contribution is -2.02. The Morgan fingerprint density at radius 2 is 1.20 bits per heavy atom. The average molecular weight is 225 g/mol. The first kappa shape index (κ1) is 11.6. The molecular formula is C11H9ClO3. The highest BCUT2D eigenvalue weighted by atomic mass is 35.5. The van der Waals surface area contributed by atoms with Crippen LogP contribution in [0.2, 0.25) is 0 Å². The van der Waals surface area contributed by atoms with Crippen LogP contribution in [0.4, 0.5) is 0 Å². The number of carbonyl (C=O) groups is 3. The monoisotopic (exact) mass is 224 g/mol. The second-order valence-corrected chi connectivity index (χ2v) is 3.53. The molecule has 0 aliphatic carbocycles. The molecule has 1 aromatic rings. The van der Waals surface area contributed by atoms with E-state index in [2.05, 4.69) is 0 Å². The van der Waals surface area contributed by atoms with E-state index >= 15 is 0 Å². The highest BCUT2D eigenvalue weighted by Crippen LogP contribution is 2.13. The minimum absolute atomic E-state index is 0.162. The molecule has 0 unspecified atom stereocenters. The van der Waals surface area contributed by atoms with Crippen molar-refractivity contribution in [3.05, 3.63) is 34.9 Å². The molecule has 0 saturated heterocycles. The molecule has 0 aliphatic rings. The predicted octanol–water partition coefficient (Wildman–Crippen LogP) is 2.47. The van der Waals surface area contributed by atoms with E-state index in [1.807, 2.05) is 0 Å². The summed E-state index contributed by atoms with van der Waals surface area (Å²) < 4.78 is 0. The van der Waals surface area contributed by atoms with E-state index in [-0.39, 0.29) is 17.1 Å². The first-order valence-electron chi connectivity index (χ1n) is 4.28. The summed E-state index contributed by atoms with van der Waals surface area (Å²) in [5, 5.41) is -0.680. The van der Waals surface area contributed by atoms with Gasteiger partial charge in [-0.15, -0.1) is 0 Å². The minimum Gasteiger partial charge on any atom is -0.295 e. The summed E-state index contributed by atoms with van der Waals surface area (Å²) >= 11 is 5.29. The lowest BCUT2D eigenvalue weighted by atomic mass is 10.0. The zero-order valence-corrected chi connectivity index (χ0v) is 9.09. The summed E-state index contributed by atoms with van der Waals surface area (Å²) in [6.07, 6.45) is 0. The Balaban J connectivity index is 3.39. The number of carbonyl (C=O) groups excluding carboxylic acids is 3. The third-order valence-corrected chi connectivity index (χ3v) is 2.19. The van der Waals surface area contributed by atoms with Gasteiger partial charge >= 0.3 is 0 Å². The van der Waals surface area contributed by atoms with Gasteiger partial charge in [0.25, 0.3) is 5.24 Å². The van der Waals surface area contributed by atoms with Crippen LogP contribution in [0.3, 0.4) is 0 Å². The molecule has 0 spiro atoms. The lowest BCUT2D eigenvalue weighted by molar-refractivity contribution is 0.101. The molecule has 15 heavy (non-hydrogen) atoms. The standard InChI is InChI=1S/C11H9ClO3/c1-6(13)8-3-9(7(2)14)5-10(4-8)11(12)15/h3-5H,1-2H3. The zero-order valence-electron chi connectivity index (χ0n) is 8.33. The number of hydrogen-bond acceptors (Lipinski definition) is 3. The molecule has 1 aromatic carbocycles. The summed E-state index contributed by atoms with van der Waals surface area (Å²) in [5.74, 6) is -0.422. The highest BCUT2D eigenvalue weighted by Gasteiger charge is 2.10. The van der Waals surface area contributed by atoms with Crippen LogP contribution in [0.1, 0.15) is 44.9 Å². The third-order valence-electron chi connectivity index (χ3n) is 1.97. The van der Waals surface area contributed by atoms with Crippen molar-refractivity contribution in [1.82, 2.24) is 0 Å². The van der Waals surface area contributed by atoms with Crippen molar-refractivity contribution in [3.63, 3.8) is 0 Å². The number of Topliss-reactive ketones (excluding diaryl/α,β-unsaturated/α-hetero) is 2. The van der Waals surface area contributed by atoms with E-state index in [0.717, 1.165) is 0 Å². The smallest absolute Gasteiger partial charge is 0.252 e. The van der Waals surface area contributed by atoms with Gasteiger partial charge in [0.15, 0.2) is 11.6 Å². The Labute approximate surface area is 92.0 Å². The lowest BCUT2D eigenvalue weighted by Gasteiger charge is -2.02. The van der Waals surface area contributed by atoms with E-state index < -0.39 is 5.24 Å². The van der Waals surface area contributed by atoms with Gasteiger partial charge in [-0.2, -0.15) is 0 Å². The fourth-order valence-electron chi connectivity index (χ4n) is 1.15. The molecular weight excluding hydrogens is 216 g/mol. The Hall–Kier alpha value is -1.48. The SMILES string of the molecule is CC(=O)c1cc(C(C)=O)cc(C(=O)Cl)c1. The minimum atomic E-state index is -0.680. The Kier molecular flexibility index (Phi) is 3.37. The van der Waals surface area contributed by atoms with Crippen molar-refractivity contribution in [3.8, 4) is 0 Å². The van der Waals surface area contributed by atoms with Gasteiger partial charge in [-0.05, 0) is 43.6 Å². The van der Waals surface area contributed by atoms with Gasteiger partial charge in [-0.3, -0.25) is 14.4 Å². The molecule has 0 N–H and O–H groups in total. The van der Waals surface area contributed by atoms with E-state index in [4.69, 9.17) is 11.6 Å². The molecule has 3 nitrogen and oxygen atoms in total. The van der Waals surface area contributed by atoms with E-state index in [1.165, 1.54) is 32.0 Å². The van der Waals surface area contributed by atoms with Crippen molar-refractivity contribution in [1.29, 1.82) is 0 Å². The van der Waals surface area contributed by atoms with Gasteiger partial charge in [0, 0.05) is 16.7 Å². The largest absolute Gasteiger partial charge is 0.295 e. The van der Waals surface area contributed by atoms with Crippen LogP contribution in [0.25, 0.3) is 0 Å². The molecule has 0 aromatic heterocycles. The molecule has 0 fully saturated rings. The quantitative estimate of drug-likeness (QED) is 0.585. The van der Waals surface area contributed by atoms with Crippen LogP contribution < -0.4 is 0 Å². The van der Waals surface area contributed by atoms with E-state index in [0.29, 0.717) is 11.1 Å². The topological polar surface area (TPSA) is 51.2 Å². The number of hydrogen-bond donors (Lipinski definition) is 0. The molecule has 0 amide bonds. The molecule has 0 saturated carbocycles. The number of halogens is 1.